The molecule has 0 aliphatic heterocycles. The molecule has 32 heavy (non-hydrogen) atoms. The molecule has 6 aliphatic rings. The Labute approximate surface area is 201 Å². The van der Waals surface area contributed by atoms with Crippen LogP contribution in [0.3, 0.4) is 0 Å². The minimum absolute atomic E-state index is 0.700. The lowest BCUT2D eigenvalue weighted by molar-refractivity contribution is -0.122. The van der Waals surface area contributed by atoms with E-state index in [1.807, 2.05) is 0 Å². The Kier molecular flexibility index (Phi) is 7.36. The lowest BCUT2D eigenvalue weighted by Gasteiger charge is -2.60. The van der Waals surface area contributed by atoms with Crippen molar-refractivity contribution < 1.29 is 0 Å². The van der Waals surface area contributed by atoms with E-state index in [2.05, 4.69) is 27.7 Å². The van der Waals surface area contributed by atoms with Crippen molar-refractivity contribution in [3.05, 3.63) is 0 Å². The zero-order valence-corrected chi connectivity index (χ0v) is 22.3. The number of fused-ring (bicyclic) bond motifs is 2. The van der Waals surface area contributed by atoms with Crippen molar-refractivity contribution >= 4 is 0 Å². The van der Waals surface area contributed by atoms with E-state index in [0.29, 0.717) is 5.41 Å². The van der Waals surface area contributed by atoms with Crippen LogP contribution in [0.2, 0.25) is 0 Å². The molecule has 0 heterocycles. The van der Waals surface area contributed by atoms with E-state index in [-0.39, 0.29) is 0 Å². The van der Waals surface area contributed by atoms with Gasteiger partial charge in [-0.05, 0) is 116 Å². The largest absolute Gasteiger partial charge is 0.0654 e. The molecule has 0 amide bonds. The SMILES string of the molecule is CCCCCCC1(C2CCCC2)CC2CCCC2C(C(C)C2CC3CC2C3)C1C(C)CC. The first kappa shape index (κ1) is 23.7. The molecular weight excluding hydrogens is 384 g/mol. The van der Waals surface area contributed by atoms with Crippen molar-refractivity contribution in [1.29, 1.82) is 0 Å². The van der Waals surface area contributed by atoms with Gasteiger partial charge in [0, 0.05) is 0 Å². The van der Waals surface area contributed by atoms with Crippen LogP contribution in [-0.2, 0) is 0 Å². The smallest absolute Gasteiger partial charge is 0.0233 e. The normalized spacial score (nSPS) is 45.6. The van der Waals surface area contributed by atoms with Crippen molar-refractivity contribution in [2.75, 3.05) is 0 Å². The van der Waals surface area contributed by atoms with E-state index < -0.39 is 0 Å². The topological polar surface area (TPSA) is 0 Å². The van der Waals surface area contributed by atoms with Gasteiger partial charge in [-0.3, -0.25) is 0 Å². The van der Waals surface area contributed by atoms with Crippen molar-refractivity contribution in [1.82, 2.24) is 0 Å². The van der Waals surface area contributed by atoms with Gasteiger partial charge in [0.2, 0.25) is 0 Å². The van der Waals surface area contributed by atoms with E-state index in [1.54, 1.807) is 64.2 Å². The molecule has 0 N–H and O–H groups in total. The number of hydrogen-bond acceptors (Lipinski definition) is 0. The zero-order chi connectivity index (χ0) is 22.3. The first-order valence-corrected chi connectivity index (χ1v) is 15.6. The van der Waals surface area contributed by atoms with Crippen molar-refractivity contribution in [2.24, 2.45) is 64.6 Å². The van der Waals surface area contributed by atoms with Gasteiger partial charge in [-0.2, -0.15) is 0 Å². The molecule has 0 aromatic rings. The summed E-state index contributed by atoms with van der Waals surface area (Å²) in [6.45, 7) is 10.4. The maximum Gasteiger partial charge on any atom is -0.0233 e. The number of unbranched alkanes of at least 4 members (excludes halogenated alkanes) is 3. The second kappa shape index (κ2) is 9.93. The second-order valence-electron chi connectivity index (χ2n) is 13.9. The summed E-state index contributed by atoms with van der Waals surface area (Å²) in [7, 11) is 0. The number of hydrogen-bond donors (Lipinski definition) is 0. The highest BCUT2D eigenvalue weighted by molar-refractivity contribution is 5.09. The van der Waals surface area contributed by atoms with Gasteiger partial charge >= 0.3 is 0 Å². The van der Waals surface area contributed by atoms with Crippen molar-refractivity contribution in [2.45, 2.75) is 137 Å². The zero-order valence-electron chi connectivity index (χ0n) is 22.3. The molecule has 6 fully saturated rings. The Balaban J connectivity index is 1.50. The van der Waals surface area contributed by atoms with Gasteiger partial charge in [0.05, 0.1) is 0 Å². The van der Waals surface area contributed by atoms with E-state index in [1.165, 1.54) is 44.9 Å². The summed E-state index contributed by atoms with van der Waals surface area (Å²) in [5.74, 6) is 10.6. The fraction of sp³-hybridized carbons (Fsp3) is 1.00. The van der Waals surface area contributed by atoms with Crippen LogP contribution in [-0.4, -0.2) is 0 Å². The van der Waals surface area contributed by atoms with Crippen molar-refractivity contribution in [3.8, 4) is 0 Å². The molecular formula is C32H56. The average Bonchev–Trinajstić information content (AvgIpc) is 3.57. The van der Waals surface area contributed by atoms with Gasteiger partial charge < -0.3 is 0 Å². The van der Waals surface area contributed by atoms with Crippen molar-refractivity contribution in [3.63, 3.8) is 0 Å². The van der Waals surface area contributed by atoms with E-state index in [4.69, 9.17) is 0 Å². The Morgan fingerprint density at radius 3 is 2.25 bits per heavy atom. The van der Waals surface area contributed by atoms with Gasteiger partial charge in [0.15, 0.2) is 0 Å². The summed E-state index contributed by atoms with van der Waals surface area (Å²) in [6, 6.07) is 0. The molecule has 0 aromatic carbocycles. The molecule has 0 saturated heterocycles. The first-order chi connectivity index (χ1) is 15.6. The standard InChI is InChI=1S/C32H56/c1-5-7-8-11-17-32(27-14-9-10-15-27)21-25-13-12-16-28(25)30(31(32)22(3)6-2)23(4)29-20-24-18-26(29)19-24/h22-31H,5-21H2,1-4H3. The Bertz CT molecular complexity index is 595. The third-order valence-corrected chi connectivity index (χ3v) is 12.6. The average molecular weight is 441 g/mol. The minimum Gasteiger partial charge on any atom is -0.0654 e. The lowest BCUT2D eigenvalue weighted by Crippen LogP contribution is -2.54. The molecule has 8 unspecified atom stereocenters. The first-order valence-electron chi connectivity index (χ1n) is 15.6. The second-order valence-corrected chi connectivity index (χ2v) is 13.9. The van der Waals surface area contributed by atoms with Crippen LogP contribution in [0.15, 0.2) is 0 Å². The van der Waals surface area contributed by atoms with E-state index >= 15 is 0 Å². The molecule has 8 atom stereocenters. The maximum atomic E-state index is 2.79. The van der Waals surface area contributed by atoms with Gasteiger partial charge in [-0.1, -0.05) is 85.5 Å². The quantitative estimate of drug-likeness (QED) is 0.296. The monoisotopic (exact) mass is 440 g/mol. The van der Waals surface area contributed by atoms with Gasteiger partial charge in [0.1, 0.15) is 0 Å². The molecule has 6 aliphatic carbocycles. The summed E-state index contributed by atoms with van der Waals surface area (Å²) in [4.78, 5) is 0. The Morgan fingerprint density at radius 1 is 0.812 bits per heavy atom. The van der Waals surface area contributed by atoms with Gasteiger partial charge in [0.25, 0.3) is 0 Å². The minimum atomic E-state index is 0.700. The summed E-state index contributed by atoms with van der Waals surface area (Å²) in [5.41, 5.74) is 0.700. The highest BCUT2D eigenvalue weighted by Crippen LogP contribution is 2.68. The van der Waals surface area contributed by atoms with Crippen LogP contribution in [0.4, 0.5) is 0 Å². The third kappa shape index (κ3) is 4.04. The molecule has 184 valence electrons. The highest BCUT2D eigenvalue weighted by atomic mass is 14.6. The fourth-order valence-electron chi connectivity index (χ4n) is 11.1. The summed E-state index contributed by atoms with van der Waals surface area (Å²) < 4.78 is 0. The predicted octanol–water partition coefficient (Wildman–Crippen LogP) is 9.91. The highest BCUT2D eigenvalue weighted by Gasteiger charge is 2.60. The summed E-state index contributed by atoms with van der Waals surface area (Å²) in [5, 5.41) is 0. The Morgan fingerprint density at radius 2 is 1.59 bits per heavy atom. The molecule has 2 bridgehead atoms. The van der Waals surface area contributed by atoms with E-state index in [0.717, 1.165) is 59.2 Å². The molecule has 0 spiro atoms. The molecule has 6 rings (SSSR count). The molecule has 0 radical (unpaired) electrons. The van der Waals surface area contributed by atoms with Crippen LogP contribution in [0, 0.1) is 64.6 Å². The molecule has 0 aromatic heterocycles. The van der Waals surface area contributed by atoms with Crippen LogP contribution in [0.25, 0.3) is 0 Å². The molecule has 0 nitrogen and oxygen atoms in total. The van der Waals surface area contributed by atoms with Crippen LogP contribution >= 0.6 is 0 Å². The van der Waals surface area contributed by atoms with E-state index in [9.17, 15) is 0 Å². The maximum absolute atomic E-state index is 2.79. The summed E-state index contributed by atoms with van der Waals surface area (Å²) in [6.07, 6.45) is 26.3. The Hall–Kier alpha value is 0. The summed E-state index contributed by atoms with van der Waals surface area (Å²) >= 11 is 0. The van der Waals surface area contributed by atoms with Crippen LogP contribution < -0.4 is 0 Å². The molecule has 6 saturated carbocycles. The van der Waals surface area contributed by atoms with Crippen LogP contribution in [0.1, 0.15) is 137 Å². The fourth-order valence-corrected chi connectivity index (χ4v) is 11.1. The lowest BCUT2D eigenvalue weighted by atomic mass is 9.44. The van der Waals surface area contributed by atoms with Gasteiger partial charge in [-0.25, -0.2) is 0 Å². The van der Waals surface area contributed by atoms with Gasteiger partial charge in [-0.15, -0.1) is 0 Å². The van der Waals surface area contributed by atoms with Crippen LogP contribution in [0.5, 0.6) is 0 Å². The number of rotatable bonds is 10. The molecule has 0 heteroatoms. The predicted molar refractivity (Wildman–Crippen MR) is 139 cm³/mol. The third-order valence-electron chi connectivity index (χ3n) is 12.6.